The number of aromatic nitrogens is 4. The Morgan fingerprint density at radius 2 is 2.22 bits per heavy atom. The first kappa shape index (κ1) is 18.6. The van der Waals surface area contributed by atoms with Crippen LogP contribution in [0.1, 0.15) is 24.6 Å². The van der Waals surface area contributed by atoms with Crippen molar-refractivity contribution in [3.63, 3.8) is 0 Å². The summed E-state index contributed by atoms with van der Waals surface area (Å²) in [6, 6.07) is 7.48. The Hall–Kier alpha value is -3.16. The van der Waals surface area contributed by atoms with E-state index >= 15 is 0 Å². The van der Waals surface area contributed by atoms with Crippen LogP contribution < -0.4 is 4.74 Å². The Bertz CT molecular complexity index is 902. The molecule has 0 fully saturated rings. The van der Waals surface area contributed by atoms with Crippen molar-refractivity contribution in [3.05, 3.63) is 48.4 Å². The van der Waals surface area contributed by atoms with E-state index < -0.39 is 0 Å². The lowest BCUT2D eigenvalue weighted by Crippen LogP contribution is -2.27. The molecule has 0 atom stereocenters. The molecule has 0 aliphatic carbocycles. The number of ether oxygens (including phenoxy) is 1. The fourth-order valence-corrected chi connectivity index (χ4v) is 2.67. The highest BCUT2D eigenvalue weighted by Crippen LogP contribution is 2.21. The summed E-state index contributed by atoms with van der Waals surface area (Å²) in [4.78, 5) is 22.6. The number of amides is 1. The molecule has 2 heterocycles. The lowest BCUT2D eigenvalue weighted by Gasteiger charge is -2.16. The summed E-state index contributed by atoms with van der Waals surface area (Å²) in [7, 11) is 5.31. The molecule has 3 rings (SSSR count). The van der Waals surface area contributed by atoms with Crippen LogP contribution in [0, 0.1) is 0 Å². The fraction of sp³-hybridized carbons (Fsp3) is 0.368. The molecule has 27 heavy (non-hydrogen) atoms. The third kappa shape index (κ3) is 4.72. The Balaban J connectivity index is 1.50. The van der Waals surface area contributed by atoms with E-state index in [9.17, 15) is 4.79 Å². The fourth-order valence-electron chi connectivity index (χ4n) is 2.67. The molecule has 1 amide bonds. The van der Waals surface area contributed by atoms with Gasteiger partial charge in [0.2, 0.25) is 17.6 Å². The smallest absolute Gasteiger partial charge is 0.226 e. The Morgan fingerprint density at radius 3 is 2.96 bits per heavy atom. The summed E-state index contributed by atoms with van der Waals surface area (Å²) >= 11 is 0. The zero-order chi connectivity index (χ0) is 19.2. The quantitative estimate of drug-likeness (QED) is 0.606. The molecule has 0 saturated carbocycles. The molecule has 142 valence electrons. The Kier molecular flexibility index (Phi) is 5.85. The minimum Gasteiger partial charge on any atom is -0.497 e. The zero-order valence-corrected chi connectivity index (χ0v) is 15.8. The van der Waals surface area contributed by atoms with Crippen LogP contribution in [-0.4, -0.2) is 44.7 Å². The van der Waals surface area contributed by atoms with Crippen LogP contribution in [0.5, 0.6) is 5.75 Å². The molecule has 0 aliphatic rings. The SMILES string of the molecule is COc1cccc(-c2noc(CCCC(=O)N(C)Cc3nccn3C)n2)c1. The van der Waals surface area contributed by atoms with Crippen LogP contribution in [0.3, 0.4) is 0 Å². The van der Waals surface area contributed by atoms with Crippen LogP contribution >= 0.6 is 0 Å². The number of carbonyl (C=O) groups excluding carboxylic acids is 1. The molecule has 0 spiro atoms. The average Bonchev–Trinajstić information content (AvgIpc) is 3.31. The molecule has 3 aromatic rings. The Labute approximate surface area is 157 Å². The van der Waals surface area contributed by atoms with E-state index in [4.69, 9.17) is 9.26 Å². The molecule has 2 aromatic heterocycles. The van der Waals surface area contributed by atoms with Gasteiger partial charge in [0.1, 0.15) is 11.6 Å². The van der Waals surface area contributed by atoms with Gasteiger partial charge >= 0.3 is 0 Å². The molecule has 1 aromatic carbocycles. The van der Waals surface area contributed by atoms with Gasteiger partial charge in [0.15, 0.2) is 0 Å². The van der Waals surface area contributed by atoms with Crippen molar-refractivity contribution < 1.29 is 14.1 Å². The van der Waals surface area contributed by atoms with Crippen molar-refractivity contribution in [2.24, 2.45) is 7.05 Å². The number of benzene rings is 1. The van der Waals surface area contributed by atoms with Crippen LogP contribution in [0.15, 0.2) is 41.2 Å². The molecule has 0 N–H and O–H groups in total. The predicted octanol–water partition coefficient (Wildman–Crippen LogP) is 2.46. The summed E-state index contributed by atoms with van der Waals surface area (Å²) in [6.45, 7) is 0.489. The van der Waals surface area contributed by atoms with Gasteiger partial charge in [-0.1, -0.05) is 17.3 Å². The number of nitrogens with zero attached hydrogens (tertiary/aromatic N) is 5. The van der Waals surface area contributed by atoms with Crippen molar-refractivity contribution in [2.75, 3.05) is 14.2 Å². The first-order chi connectivity index (χ1) is 13.1. The second-order valence-electron chi connectivity index (χ2n) is 6.30. The number of hydrogen-bond acceptors (Lipinski definition) is 6. The molecule has 8 nitrogen and oxygen atoms in total. The van der Waals surface area contributed by atoms with Crippen molar-refractivity contribution in [3.8, 4) is 17.1 Å². The van der Waals surface area contributed by atoms with Crippen LogP contribution in [0.4, 0.5) is 0 Å². The summed E-state index contributed by atoms with van der Waals surface area (Å²) < 4.78 is 12.4. The molecule has 0 unspecified atom stereocenters. The number of aryl methyl sites for hydroxylation is 2. The second-order valence-corrected chi connectivity index (χ2v) is 6.30. The van der Waals surface area contributed by atoms with E-state index in [0.29, 0.717) is 37.5 Å². The van der Waals surface area contributed by atoms with Crippen LogP contribution in [0.25, 0.3) is 11.4 Å². The molecular formula is C19H23N5O3. The number of imidazole rings is 1. The summed E-state index contributed by atoms with van der Waals surface area (Å²) in [6.07, 6.45) is 5.20. The number of carbonyl (C=O) groups is 1. The lowest BCUT2D eigenvalue weighted by molar-refractivity contribution is -0.130. The maximum atomic E-state index is 12.3. The minimum absolute atomic E-state index is 0.0607. The van der Waals surface area contributed by atoms with E-state index in [2.05, 4.69) is 15.1 Å². The van der Waals surface area contributed by atoms with Gasteiger partial charge in [-0.25, -0.2) is 4.98 Å². The summed E-state index contributed by atoms with van der Waals surface area (Å²) in [5, 5.41) is 4.01. The summed E-state index contributed by atoms with van der Waals surface area (Å²) in [5.74, 6) is 2.69. The molecule has 0 saturated heterocycles. The van der Waals surface area contributed by atoms with Gasteiger partial charge in [0.05, 0.1) is 13.7 Å². The maximum absolute atomic E-state index is 12.3. The number of rotatable bonds is 8. The first-order valence-corrected chi connectivity index (χ1v) is 8.74. The highest BCUT2D eigenvalue weighted by molar-refractivity contribution is 5.75. The van der Waals surface area contributed by atoms with Crippen molar-refractivity contribution in [2.45, 2.75) is 25.8 Å². The van der Waals surface area contributed by atoms with Gasteiger partial charge < -0.3 is 18.7 Å². The number of methoxy groups -OCH3 is 1. The van der Waals surface area contributed by atoms with E-state index in [1.54, 1.807) is 25.3 Å². The average molecular weight is 369 g/mol. The molecule has 0 aliphatic heterocycles. The van der Waals surface area contributed by atoms with E-state index in [0.717, 1.165) is 17.1 Å². The monoisotopic (exact) mass is 369 g/mol. The second kappa shape index (κ2) is 8.48. The van der Waals surface area contributed by atoms with Gasteiger partial charge in [0, 0.05) is 44.9 Å². The molecular weight excluding hydrogens is 346 g/mol. The number of hydrogen-bond donors (Lipinski definition) is 0. The van der Waals surface area contributed by atoms with Crippen LogP contribution in [0.2, 0.25) is 0 Å². The standard InChI is InChI=1S/C19H23N5O3/c1-23-11-10-20-16(23)13-24(2)18(25)9-5-8-17-21-19(22-27-17)14-6-4-7-15(12-14)26-3/h4,6-7,10-12H,5,8-9,13H2,1-3H3. The zero-order valence-electron chi connectivity index (χ0n) is 15.8. The lowest BCUT2D eigenvalue weighted by atomic mass is 10.2. The molecule has 8 heteroatoms. The summed E-state index contributed by atoms with van der Waals surface area (Å²) in [5.41, 5.74) is 0.829. The molecule has 0 bridgehead atoms. The third-order valence-corrected chi connectivity index (χ3v) is 4.30. The van der Waals surface area contributed by atoms with Crippen molar-refractivity contribution in [1.82, 2.24) is 24.6 Å². The van der Waals surface area contributed by atoms with E-state index in [1.807, 2.05) is 42.1 Å². The topological polar surface area (TPSA) is 86.3 Å². The van der Waals surface area contributed by atoms with Gasteiger partial charge in [-0.15, -0.1) is 0 Å². The maximum Gasteiger partial charge on any atom is 0.226 e. The largest absolute Gasteiger partial charge is 0.497 e. The van der Waals surface area contributed by atoms with Crippen LogP contribution in [-0.2, 0) is 24.8 Å². The van der Waals surface area contributed by atoms with Gasteiger partial charge in [-0.05, 0) is 18.6 Å². The van der Waals surface area contributed by atoms with Gasteiger partial charge in [-0.2, -0.15) is 4.98 Å². The minimum atomic E-state index is 0.0607. The highest BCUT2D eigenvalue weighted by Gasteiger charge is 2.13. The third-order valence-electron chi connectivity index (χ3n) is 4.30. The van der Waals surface area contributed by atoms with E-state index in [-0.39, 0.29) is 5.91 Å². The van der Waals surface area contributed by atoms with Gasteiger partial charge in [0.25, 0.3) is 0 Å². The van der Waals surface area contributed by atoms with Crippen molar-refractivity contribution in [1.29, 1.82) is 0 Å². The first-order valence-electron chi connectivity index (χ1n) is 8.74. The highest BCUT2D eigenvalue weighted by atomic mass is 16.5. The van der Waals surface area contributed by atoms with Gasteiger partial charge in [-0.3, -0.25) is 4.79 Å². The van der Waals surface area contributed by atoms with E-state index in [1.165, 1.54) is 0 Å². The molecule has 0 radical (unpaired) electrons. The normalized spacial score (nSPS) is 10.8. The Morgan fingerprint density at radius 1 is 1.37 bits per heavy atom. The predicted molar refractivity (Wildman–Crippen MR) is 98.9 cm³/mol. The van der Waals surface area contributed by atoms with Crippen molar-refractivity contribution >= 4 is 5.91 Å².